The van der Waals surface area contributed by atoms with Crippen molar-refractivity contribution in [3.05, 3.63) is 58.6 Å². The topological polar surface area (TPSA) is 107 Å². The van der Waals surface area contributed by atoms with Crippen molar-refractivity contribution >= 4 is 39.4 Å². The number of hydrogen-bond acceptors (Lipinski definition) is 5. The lowest BCUT2D eigenvalue weighted by molar-refractivity contribution is -0.147. The number of carboxylic acid groups (broad SMARTS) is 1. The number of halogens is 1. The lowest BCUT2D eigenvalue weighted by Crippen LogP contribution is -2.53. The van der Waals surface area contributed by atoms with Gasteiger partial charge >= 0.3 is 5.97 Å². The van der Waals surface area contributed by atoms with E-state index in [9.17, 15) is 24.6 Å². The van der Waals surface area contributed by atoms with Crippen LogP contribution in [0.3, 0.4) is 0 Å². The predicted molar refractivity (Wildman–Crippen MR) is 104 cm³/mol. The van der Waals surface area contributed by atoms with Crippen LogP contribution in [0.1, 0.15) is 18.5 Å². The maximum absolute atomic E-state index is 13.3. The van der Waals surface area contributed by atoms with Gasteiger partial charge in [0.15, 0.2) is 0 Å². The second-order valence-electron chi connectivity index (χ2n) is 7.18. The fourth-order valence-electron chi connectivity index (χ4n) is 4.21. The first-order chi connectivity index (χ1) is 13.3. The molecule has 0 radical (unpaired) electrons. The van der Waals surface area contributed by atoms with E-state index < -0.39 is 41.2 Å². The Labute approximate surface area is 169 Å². The van der Waals surface area contributed by atoms with Gasteiger partial charge in [0.25, 0.3) is 0 Å². The predicted octanol–water partition coefficient (Wildman–Crippen LogP) is 2.45. The molecule has 3 N–H and O–H groups in total. The van der Waals surface area contributed by atoms with Gasteiger partial charge in [0, 0.05) is 16.1 Å². The largest absolute Gasteiger partial charge is 0.508 e. The van der Waals surface area contributed by atoms with Crippen LogP contribution >= 0.6 is 15.9 Å². The zero-order valence-electron chi connectivity index (χ0n) is 14.8. The minimum Gasteiger partial charge on any atom is -0.508 e. The maximum atomic E-state index is 13.3. The molecule has 2 fully saturated rings. The van der Waals surface area contributed by atoms with Crippen LogP contribution in [0.2, 0.25) is 0 Å². The lowest BCUT2D eigenvalue weighted by atomic mass is 9.80. The zero-order valence-corrected chi connectivity index (χ0v) is 16.4. The van der Waals surface area contributed by atoms with Gasteiger partial charge in [0.2, 0.25) is 11.8 Å². The second kappa shape index (κ2) is 6.42. The normalized spacial score (nSPS) is 29.2. The van der Waals surface area contributed by atoms with E-state index in [-0.39, 0.29) is 5.75 Å². The number of benzene rings is 2. The molecule has 7 nitrogen and oxygen atoms in total. The number of nitrogens with zero attached hydrogens (tertiary/aromatic N) is 1. The summed E-state index contributed by atoms with van der Waals surface area (Å²) < 4.78 is 0.666. The number of carbonyl (C=O) groups is 3. The molecule has 0 aromatic heterocycles. The molecule has 0 aliphatic carbocycles. The van der Waals surface area contributed by atoms with Crippen molar-refractivity contribution in [1.29, 1.82) is 0 Å². The number of imide groups is 1. The third kappa shape index (κ3) is 2.56. The Morgan fingerprint density at radius 1 is 1.14 bits per heavy atom. The number of aromatic hydroxyl groups is 1. The number of anilines is 1. The molecule has 0 spiro atoms. The summed E-state index contributed by atoms with van der Waals surface area (Å²) in [6.07, 6.45) is 0. The number of phenols is 1. The molecule has 2 saturated heterocycles. The van der Waals surface area contributed by atoms with Gasteiger partial charge in [-0.3, -0.25) is 19.7 Å². The monoisotopic (exact) mass is 444 g/mol. The highest BCUT2D eigenvalue weighted by Gasteiger charge is 2.67. The maximum Gasteiger partial charge on any atom is 0.324 e. The molecule has 2 aromatic carbocycles. The lowest BCUT2D eigenvalue weighted by Gasteiger charge is -2.27. The standard InChI is InChI=1S/C20H17BrN2O5/c1-20(19(27)28)15-14(16(22-20)12-9-10(21)7-8-13(12)24)17(25)23(18(15)26)11-5-3-2-4-6-11/h2-9,14-16,22,24H,1H3,(H,27,28)/t14-,15-,16-,20+/m1/s1. The average Bonchev–Trinajstić information content (AvgIpc) is 3.12. The van der Waals surface area contributed by atoms with Crippen molar-refractivity contribution in [2.45, 2.75) is 18.5 Å². The first kappa shape index (κ1) is 18.6. The summed E-state index contributed by atoms with van der Waals surface area (Å²) in [5.74, 6) is -4.39. The molecule has 0 saturated carbocycles. The fourth-order valence-corrected chi connectivity index (χ4v) is 4.59. The minimum atomic E-state index is -1.65. The molecule has 2 aromatic rings. The summed E-state index contributed by atoms with van der Waals surface area (Å²) in [6, 6.07) is 12.3. The fraction of sp³-hybridized carbons (Fsp3) is 0.250. The Morgan fingerprint density at radius 3 is 2.46 bits per heavy atom. The van der Waals surface area contributed by atoms with Crippen molar-refractivity contribution in [1.82, 2.24) is 5.32 Å². The van der Waals surface area contributed by atoms with E-state index >= 15 is 0 Å². The molecule has 4 rings (SSSR count). The molecular weight excluding hydrogens is 428 g/mol. The SMILES string of the molecule is C[C@]1(C(=O)O)N[C@H](c2cc(Br)ccc2O)[C@@H]2C(=O)N(c3ccccc3)C(=O)[C@@H]21. The third-order valence-corrected chi connectivity index (χ3v) is 6.06. The van der Waals surface area contributed by atoms with Crippen LogP contribution < -0.4 is 10.2 Å². The molecule has 2 heterocycles. The summed E-state index contributed by atoms with van der Waals surface area (Å²) in [6.45, 7) is 1.40. The first-order valence-electron chi connectivity index (χ1n) is 8.68. The highest BCUT2D eigenvalue weighted by molar-refractivity contribution is 9.10. The van der Waals surface area contributed by atoms with Crippen LogP contribution in [0.25, 0.3) is 0 Å². The summed E-state index contributed by atoms with van der Waals surface area (Å²) in [5, 5.41) is 23.1. The quantitative estimate of drug-likeness (QED) is 0.627. The van der Waals surface area contributed by atoms with Crippen molar-refractivity contribution in [3.63, 3.8) is 0 Å². The summed E-state index contributed by atoms with van der Waals surface area (Å²) in [7, 11) is 0. The van der Waals surface area contributed by atoms with Crippen LogP contribution in [0.15, 0.2) is 53.0 Å². The Morgan fingerprint density at radius 2 is 1.82 bits per heavy atom. The molecule has 8 heteroatoms. The molecule has 2 aliphatic heterocycles. The van der Waals surface area contributed by atoms with Crippen LogP contribution in [0, 0.1) is 11.8 Å². The van der Waals surface area contributed by atoms with Crippen LogP contribution in [0.4, 0.5) is 5.69 Å². The number of aliphatic carboxylic acids is 1. The van der Waals surface area contributed by atoms with E-state index in [0.29, 0.717) is 15.7 Å². The molecule has 2 amide bonds. The van der Waals surface area contributed by atoms with Gasteiger partial charge in [-0.2, -0.15) is 0 Å². The molecule has 0 unspecified atom stereocenters. The van der Waals surface area contributed by atoms with Crippen molar-refractivity contribution in [2.75, 3.05) is 4.90 Å². The van der Waals surface area contributed by atoms with Crippen molar-refractivity contribution in [3.8, 4) is 5.75 Å². The van der Waals surface area contributed by atoms with Gasteiger partial charge in [-0.25, -0.2) is 4.90 Å². The molecule has 4 atom stereocenters. The van der Waals surface area contributed by atoms with Crippen LogP contribution in [-0.4, -0.2) is 33.5 Å². The second-order valence-corrected chi connectivity index (χ2v) is 8.10. The molecule has 28 heavy (non-hydrogen) atoms. The Bertz CT molecular complexity index is 995. The van der Waals surface area contributed by atoms with Gasteiger partial charge in [0.1, 0.15) is 11.3 Å². The van der Waals surface area contributed by atoms with E-state index in [1.54, 1.807) is 42.5 Å². The van der Waals surface area contributed by atoms with E-state index in [1.165, 1.54) is 13.0 Å². The number of phenolic OH excluding ortho intramolecular Hbond substituents is 1. The molecule has 144 valence electrons. The number of para-hydroxylation sites is 1. The number of fused-ring (bicyclic) bond motifs is 1. The van der Waals surface area contributed by atoms with Gasteiger partial charge in [-0.05, 0) is 37.3 Å². The van der Waals surface area contributed by atoms with Crippen LogP contribution in [0.5, 0.6) is 5.75 Å². The highest BCUT2D eigenvalue weighted by Crippen LogP contribution is 2.51. The van der Waals surface area contributed by atoms with Gasteiger partial charge in [0.05, 0.1) is 17.5 Å². The van der Waals surface area contributed by atoms with E-state index in [2.05, 4.69) is 21.2 Å². The zero-order chi connectivity index (χ0) is 20.2. The number of carbonyl (C=O) groups excluding carboxylic acids is 2. The Balaban J connectivity index is 1.86. The third-order valence-electron chi connectivity index (χ3n) is 5.57. The Hall–Kier alpha value is -2.71. The van der Waals surface area contributed by atoms with E-state index in [1.807, 2.05) is 0 Å². The number of hydrogen-bond donors (Lipinski definition) is 3. The molecular formula is C20H17BrN2O5. The van der Waals surface area contributed by atoms with Crippen molar-refractivity contribution < 1.29 is 24.6 Å². The van der Waals surface area contributed by atoms with Gasteiger partial charge in [-0.1, -0.05) is 34.1 Å². The van der Waals surface area contributed by atoms with Gasteiger partial charge in [-0.15, -0.1) is 0 Å². The number of amides is 2. The summed E-state index contributed by atoms with van der Waals surface area (Å²) in [5.41, 5.74) is -0.886. The minimum absolute atomic E-state index is 0.0764. The number of carboxylic acids is 1. The van der Waals surface area contributed by atoms with Gasteiger partial charge < -0.3 is 10.2 Å². The smallest absolute Gasteiger partial charge is 0.324 e. The average molecular weight is 445 g/mol. The number of rotatable bonds is 3. The highest BCUT2D eigenvalue weighted by atomic mass is 79.9. The summed E-state index contributed by atoms with van der Waals surface area (Å²) in [4.78, 5) is 39.6. The number of nitrogens with one attached hydrogen (secondary N) is 1. The van der Waals surface area contributed by atoms with Crippen molar-refractivity contribution in [2.24, 2.45) is 11.8 Å². The Kier molecular flexibility index (Phi) is 4.28. The van der Waals surface area contributed by atoms with E-state index in [4.69, 9.17) is 0 Å². The first-order valence-corrected chi connectivity index (χ1v) is 9.47. The van der Waals surface area contributed by atoms with E-state index in [0.717, 1.165) is 4.90 Å². The summed E-state index contributed by atoms with van der Waals surface area (Å²) >= 11 is 3.33. The molecule has 2 aliphatic rings. The van der Waals surface area contributed by atoms with Crippen LogP contribution in [-0.2, 0) is 14.4 Å². The molecule has 0 bridgehead atoms.